The molecule has 1 saturated heterocycles. The second-order valence-electron chi connectivity index (χ2n) is 9.80. The Bertz CT molecular complexity index is 1550. The van der Waals surface area contributed by atoms with Crippen molar-refractivity contribution in [2.24, 2.45) is 20.5 Å². The number of nitro benzene ring substituents is 1. The van der Waals surface area contributed by atoms with E-state index in [1.807, 2.05) is 0 Å². The molecule has 47 heavy (non-hydrogen) atoms. The fraction of sp³-hybridized carbons (Fsp3) is 0.609. The predicted octanol–water partition coefficient (Wildman–Crippen LogP) is 4.18. The number of carbonyl (C=O) groups is 3. The topological polar surface area (TPSA) is 336 Å². The first-order valence-corrected chi connectivity index (χ1v) is 13.3. The lowest BCUT2D eigenvalue weighted by Gasteiger charge is -2.46. The van der Waals surface area contributed by atoms with E-state index in [4.69, 9.17) is 34.7 Å². The number of nitro groups is 1. The quantitative estimate of drug-likeness (QED) is 0.0584. The second-order valence-corrected chi connectivity index (χ2v) is 9.80. The van der Waals surface area contributed by atoms with Gasteiger partial charge in [0, 0.05) is 45.6 Å². The van der Waals surface area contributed by atoms with Gasteiger partial charge in [-0.1, -0.05) is 20.5 Å². The lowest BCUT2D eigenvalue weighted by atomic mass is 9.84. The van der Waals surface area contributed by atoms with Gasteiger partial charge in [-0.3, -0.25) is 19.7 Å². The van der Waals surface area contributed by atoms with Gasteiger partial charge in [0.25, 0.3) is 5.69 Å². The van der Waals surface area contributed by atoms with E-state index in [1.165, 1.54) is 0 Å². The molecule has 24 heteroatoms. The van der Waals surface area contributed by atoms with Gasteiger partial charge in [-0.25, -0.2) is 9.18 Å². The van der Waals surface area contributed by atoms with Crippen LogP contribution in [0.25, 0.3) is 41.8 Å². The van der Waals surface area contributed by atoms with Crippen molar-refractivity contribution in [2.45, 2.75) is 81.4 Å². The summed E-state index contributed by atoms with van der Waals surface area (Å²) in [5.74, 6) is -3.00. The van der Waals surface area contributed by atoms with Gasteiger partial charge < -0.3 is 23.7 Å². The molecule has 0 aromatic heterocycles. The maximum absolute atomic E-state index is 16.2. The molecule has 0 radical (unpaired) electrons. The summed E-state index contributed by atoms with van der Waals surface area (Å²) in [7, 11) is 0. The number of ether oxygens (including phenoxy) is 5. The normalized spacial score (nSPS) is 29.6. The van der Waals surface area contributed by atoms with E-state index in [2.05, 4.69) is 40.1 Å². The minimum atomic E-state index is -2.42. The van der Waals surface area contributed by atoms with Gasteiger partial charge in [0.15, 0.2) is 24.7 Å². The zero-order chi connectivity index (χ0) is 34.7. The predicted molar refractivity (Wildman–Crippen MR) is 149 cm³/mol. The molecular formula is C23H24FN13O10. The zero-order valence-corrected chi connectivity index (χ0v) is 24.3. The fourth-order valence-electron chi connectivity index (χ4n) is 4.97. The van der Waals surface area contributed by atoms with Crippen molar-refractivity contribution in [1.82, 2.24) is 0 Å². The molecule has 23 nitrogen and oxygen atoms in total. The number of carbonyl (C=O) groups excluding carboxylic acids is 3. The first kappa shape index (κ1) is 35.6. The van der Waals surface area contributed by atoms with E-state index in [-0.39, 0.29) is 17.7 Å². The molecular weight excluding hydrogens is 637 g/mol. The molecule has 10 atom stereocenters. The molecule has 1 saturated carbocycles. The Labute approximate surface area is 261 Å². The first-order valence-electron chi connectivity index (χ1n) is 13.3. The van der Waals surface area contributed by atoms with Crippen LogP contribution in [-0.4, -0.2) is 90.5 Å². The van der Waals surface area contributed by atoms with Gasteiger partial charge in [-0.15, -0.1) is 0 Å². The van der Waals surface area contributed by atoms with E-state index < -0.39 is 90.5 Å². The number of benzene rings is 1. The third kappa shape index (κ3) is 8.86. The van der Waals surface area contributed by atoms with E-state index in [1.54, 1.807) is 0 Å². The smallest absolute Gasteiger partial charge is 0.338 e. The number of halogens is 1. The Kier molecular flexibility index (Phi) is 12.4. The Balaban J connectivity index is 2.02. The number of nitrogens with zero attached hydrogens (tertiary/aromatic N) is 13. The third-order valence-corrected chi connectivity index (χ3v) is 6.85. The molecule has 0 bridgehead atoms. The van der Waals surface area contributed by atoms with E-state index in [9.17, 15) is 35.6 Å². The van der Waals surface area contributed by atoms with Gasteiger partial charge in [0.2, 0.25) is 0 Å². The highest BCUT2D eigenvalue weighted by Crippen LogP contribution is 2.37. The summed E-state index contributed by atoms with van der Waals surface area (Å²) >= 11 is 0. The summed E-state index contributed by atoms with van der Waals surface area (Å²) in [6.07, 6.45) is -12.9. The van der Waals surface area contributed by atoms with Crippen molar-refractivity contribution < 1.29 is 47.4 Å². The van der Waals surface area contributed by atoms with Crippen LogP contribution in [0, 0.1) is 10.1 Å². The van der Waals surface area contributed by atoms with Crippen LogP contribution in [-0.2, 0) is 33.3 Å². The van der Waals surface area contributed by atoms with Gasteiger partial charge >= 0.3 is 17.9 Å². The van der Waals surface area contributed by atoms with Crippen molar-refractivity contribution >= 4 is 23.6 Å². The molecule has 1 aliphatic heterocycles. The highest BCUT2D eigenvalue weighted by molar-refractivity contribution is 5.89. The average molecular weight is 662 g/mol. The number of alkyl halides is 1. The number of hydrogen-bond donors (Lipinski definition) is 0. The SMILES string of the molecule is CC(=O)O[C@@H]1[C@@H](OC(C)=O)[C@H](N=[N+]=[N-])C[C@H](N=[N+]=[N-])[C@H]1O[C@H]1O[C@H](CN=[N+]=[N-])[C@H](OC(=O)c2ccc([N+](=O)[O-])cc2)[C@H](F)[C@H]1N=[N+]=[N-]. The number of azide groups is 4. The molecule has 1 aromatic carbocycles. The lowest BCUT2D eigenvalue weighted by molar-refractivity contribution is -0.384. The van der Waals surface area contributed by atoms with Crippen LogP contribution in [0.4, 0.5) is 10.1 Å². The van der Waals surface area contributed by atoms with Crippen LogP contribution in [0.3, 0.4) is 0 Å². The molecule has 1 aromatic rings. The number of esters is 3. The van der Waals surface area contributed by atoms with Gasteiger partial charge in [-0.2, -0.15) is 0 Å². The molecule has 0 amide bonds. The van der Waals surface area contributed by atoms with Crippen molar-refractivity contribution in [1.29, 1.82) is 0 Å². The van der Waals surface area contributed by atoms with Crippen LogP contribution >= 0.6 is 0 Å². The van der Waals surface area contributed by atoms with Crippen LogP contribution in [0.1, 0.15) is 30.6 Å². The molecule has 1 heterocycles. The van der Waals surface area contributed by atoms with Crippen LogP contribution in [0.5, 0.6) is 0 Å². The number of non-ortho nitro benzene ring substituents is 1. The Morgan fingerprint density at radius 3 is 2.00 bits per heavy atom. The fourth-order valence-corrected chi connectivity index (χ4v) is 4.97. The molecule has 2 aliphatic rings. The maximum atomic E-state index is 16.2. The summed E-state index contributed by atoms with van der Waals surface area (Å²) in [5, 5.41) is 24.8. The Hall–Kier alpha value is -5.88. The third-order valence-electron chi connectivity index (χ3n) is 6.85. The van der Waals surface area contributed by atoms with E-state index >= 15 is 4.39 Å². The average Bonchev–Trinajstić information content (AvgIpc) is 3.02. The number of rotatable bonds is 12. The summed E-state index contributed by atoms with van der Waals surface area (Å²) in [6.45, 7) is 1.34. The first-order chi connectivity index (χ1) is 22.4. The highest BCUT2D eigenvalue weighted by Gasteiger charge is 2.54. The molecule has 248 valence electrons. The molecule has 0 N–H and O–H groups in total. The summed E-state index contributed by atoms with van der Waals surface area (Å²) in [4.78, 5) is 57.7. The van der Waals surface area contributed by atoms with E-state index in [0.29, 0.717) is 0 Å². The molecule has 0 spiro atoms. The Morgan fingerprint density at radius 1 is 0.894 bits per heavy atom. The van der Waals surface area contributed by atoms with E-state index in [0.717, 1.165) is 38.1 Å². The number of hydrogen-bond acceptors (Lipinski definition) is 14. The zero-order valence-electron chi connectivity index (χ0n) is 24.3. The van der Waals surface area contributed by atoms with Crippen LogP contribution in [0.2, 0.25) is 0 Å². The standard InChI is InChI=1S/C23H24FN13O10/c1-9(38)43-18-13(30-34-26)7-14(31-35-27)19(21(18)44-10(2)39)47-23-17(32-36-28)16(24)20(15(45-23)8-29-33-25)46-22(40)11-3-5-12(6-4-11)37(41)42/h3-6,13-21,23H,7-8H2,1-2H3/t13-,14+,15-,16-,17-,18+,19-,20+,21-,23-/m1/s1. The van der Waals surface area contributed by atoms with Gasteiger partial charge in [0.1, 0.15) is 24.4 Å². The minimum absolute atomic E-state index is 0.223. The highest BCUT2D eigenvalue weighted by atomic mass is 19.1. The van der Waals surface area contributed by atoms with Gasteiger partial charge in [0.05, 0.1) is 29.1 Å². The monoisotopic (exact) mass is 661 g/mol. The maximum Gasteiger partial charge on any atom is 0.338 e. The molecule has 3 rings (SSSR count). The van der Waals surface area contributed by atoms with Crippen molar-refractivity contribution in [3.8, 4) is 0 Å². The molecule has 1 aliphatic carbocycles. The molecule has 0 unspecified atom stereocenters. The second kappa shape index (κ2) is 16.4. The van der Waals surface area contributed by atoms with Crippen LogP contribution < -0.4 is 0 Å². The van der Waals surface area contributed by atoms with Crippen molar-refractivity contribution in [3.63, 3.8) is 0 Å². The van der Waals surface area contributed by atoms with Crippen LogP contribution in [0.15, 0.2) is 44.7 Å². The Morgan fingerprint density at radius 2 is 1.47 bits per heavy atom. The van der Waals surface area contributed by atoms with Crippen molar-refractivity contribution in [2.75, 3.05) is 6.54 Å². The minimum Gasteiger partial charge on any atom is -0.458 e. The summed E-state index contributed by atoms with van der Waals surface area (Å²) in [5.41, 5.74) is 35.9. The summed E-state index contributed by atoms with van der Waals surface area (Å²) < 4.78 is 43.8. The van der Waals surface area contributed by atoms with Crippen molar-refractivity contribution in [3.05, 3.63) is 81.7 Å². The lowest BCUT2D eigenvalue weighted by Crippen LogP contribution is -2.63. The largest absolute Gasteiger partial charge is 0.458 e. The molecule has 2 fully saturated rings. The van der Waals surface area contributed by atoms with Gasteiger partial charge in [-0.05, 0) is 40.7 Å². The summed E-state index contributed by atoms with van der Waals surface area (Å²) in [6, 6.07) is -0.424.